The van der Waals surface area contributed by atoms with Gasteiger partial charge in [0.15, 0.2) is 0 Å². The van der Waals surface area contributed by atoms with Crippen molar-refractivity contribution >= 4 is 11.6 Å². The molecule has 6 heteroatoms. The molecule has 0 bridgehead atoms. The number of nitrogens with zero attached hydrogens (tertiary/aromatic N) is 4. The monoisotopic (exact) mass is 268 g/mol. The zero-order valence-corrected chi connectivity index (χ0v) is 10.8. The van der Waals surface area contributed by atoms with Gasteiger partial charge in [0.05, 0.1) is 23.5 Å². The van der Waals surface area contributed by atoms with Crippen molar-refractivity contribution in [3.05, 3.63) is 48.3 Å². The molecule has 3 rings (SSSR count). The highest BCUT2D eigenvalue weighted by Crippen LogP contribution is 2.19. The molecule has 1 N–H and O–H groups in total. The van der Waals surface area contributed by atoms with Gasteiger partial charge in [-0.2, -0.15) is 0 Å². The zero-order chi connectivity index (χ0) is 14.1. The second-order valence-corrected chi connectivity index (χ2v) is 4.46. The molecule has 6 nitrogen and oxygen atoms in total. The molecule has 0 radical (unpaired) electrons. The number of aliphatic carboxylic acids is 1. The van der Waals surface area contributed by atoms with E-state index in [4.69, 9.17) is 5.11 Å². The Morgan fingerprint density at radius 2 is 2.30 bits per heavy atom. The van der Waals surface area contributed by atoms with Crippen molar-refractivity contribution in [3.63, 3.8) is 0 Å². The number of hydrogen-bond acceptors (Lipinski definition) is 4. The number of carboxylic acid groups (broad SMARTS) is 1. The average Bonchev–Trinajstić information content (AvgIpc) is 2.75. The fraction of sp³-hybridized carbons (Fsp3) is 0.143. The fourth-order valence-electron chi connectivity index (χ4n) is 2.14. The van der Waals surface area contributed by atoms with Crippen LogP contribution in [0.3, 0.4) is 0 Å². The van der Waals surface area contributed by atoms with Gasteiger partial charge in [-0.15, -0.1) is 0 Å². The highest BCUT2D eigenvalue weighted by Gasteiger charge is 2.13. The molecule has 100 valence electrons. The Kier molecular flexibility index (Phi) is 2.90. The molecule has 0 spiro atoms. The summed E-state index contributed by atoms with van der Waals surface area (Å²) in [6.45, 7) is 1.80. The van der Waals surface area contributed by atoms with Crippen molar-refractivity contribution < 1.29 is 9.90 Å². The van der Waals surface area contributed by atoms with Crippen LogP contribution in [-0.4, -0.2) is 30.4 Å². The van der Waals surface area contributed by atoms with E-state index in [1.54, 1.807) is 30.0 Å². The van der Waals surface area contributed by atoms with Crippen molar-refractivity contribution in [2.45, 2.75) is 13.3 Å². The Morgan fingerprint density at radius 1 is 1.45 bits per heavy atom. The summed E-state index contributed by atoms with van der Waals surface area (Å²) in [4.78, 5) is 23.7. The van der Waals surface area contributed by atoms with Gasteiger partial charge < -0.3 is 5.11 Å². The standard InChI is InChI=1S/C14H12N4O2/c1-9-12(6-14(19)20)18-8-16-11(5-13(18)17-9)10-3-2-4-15-7-10/h2-5,7-8H,6H2,1H3,(H,19,20). The lowest BCUT2D eigenvalue weighted by molar-refractivity contribution is -0.136. The van der Waals surface area contributed by atoms with Crippen molar-refractivity contribution in [2.75, 3.05) is 0 Å². The van der Waals surface area contributed by atoms with Crippen molar-refractivity contribution in [3.8, 4) is 11.3 Å². The number of fused-ring (bicyclic) bond motifs is 1. The SMILES string of the molecule is Cc1nc2cc(-c3cccnc3)ncn2c1CC(=O)O. The molecule has 3 aromatic rings. The van der Waals surface area contributed by atoms with Crippen LogP contribution in [0.5, 0.6) is 0 Å². The first-order valence-electron chi connectivity index (χ1n) is 6.11. The third-order valence-electron chi connectivity index (χ3n) is 3.09. The molecule has 0 saturated carbocycles. The number of aryl methyl sites for hydroxylation is 1. The van der Waals surface area contributed by atoms with Crippen LogP contribution in [0.1, 0.15) is 11.4 Å². The Morgan fingerprint density at radius 3 is 3.00 bits per heavy atom. The fourth-order valence-corrected chi connectivity index (χ4v) is 2.14. The van der Waals surface area contributed by atoms with Gasteiger partial charge in [-0.25, -0.2) is 9.97 Å². The number of rotatable bonds is 3. The third kappa shape index (κ3) is 2.11. The minimum atomic E-state index is -0.883. The third-order valence-corrected chi connectivity index (χ3v) is 3.09. The van der Waals surface area contributed by atoms with E-state index in [-0.39, 0.29) is 6.42 Å². The first-order valence-corrected chi connectivity index (χ1v) is 6.11. The van der Waals surface area contributed by atoms with Crippen LogP contribution in [-0.2, 0) is 11.2 Å². The van der Waals surface area contributed by atoms with Crippen LogP contribution in [0.25, 0.3) is 16.9 Å². The predicted octanol–water partition coefficient (Wildman–Crippen LogP) is 1.73. The van der Waals surface area contributed by atoms with Gasteiger partial charge in [0.1, 0.15) is 12.0 Å². The molecule has 0 fully saturated rings. The first kappa shape index (κ1) is 12.3. The molecule has 0 aliphatic rings. The second kappa shape index (κ2) is 4.73. The van der Waals surface area contributed by atoms with E-state index >= 15 is 0 Å². The number of carboxylic acids is 1. The predicted molar refractivity (Wildman–Crippen MR) is 72.3 cm³/mol. The molecule has 0 saturated heterocycles. The van der Waals surface area contributed by atoms with Crippen LogP contribution in [0.4, 0.5) is 0 Å². The lowest BCUT2D eigenvalue weighted by Crippen LogP contribution is -2.05. The maximum atomic E-state index is 10.9. The number of carbonyl (C=O) groups is 1. The van der Waals surface area contributed by atoms with E-state index in [1.807, 2.05) is 18.2 Å². The summed E-state index contributed by atoms with van der Waals surface area (Å²) in [6.07, 6.45) is 4.97. The molecule has 3 aromatic heterocycles. The van der Waals surface area contributed by atoms with Crippen LogP contribution in [0.2, 0.25) is 0 Å². The topological polar surface area (TPSA) is 80.4 Å². The lowest BCUT2D eigenvalue weighted by Gasteiger charge is -2.02. The van der Waals surface area contributed by atoms with Gasteiger partial charge in [0.2, 0.25) is 0 Å². The summed E-state index contributed by atoms with van der Waals surface area (Å²) >= 11 is 0. The van der Waals surface area contributed by atoms with Crippen LogP contribution in [0, 0.1) is 6.92 Å². The molecular formula is C14H12N4O2. The van der Waals surface area contributed by atoms with Gasteiger partial charge in [-0.1, -0.05) is 0 Å². The number of imidazole rings is 1. The largest absolute Gasteiger partial charge is 0.481 e. The highest BCUT2D eigenvalue weighted by molar-refractivity contribution is 5.71. The maximum Gasteiger partial charge on any atom is 0.309 e. The van der Waals surface area contributed by atoms with Crippen LogP contribution in [0.15, 0.2) is 36.9 Å². The normalized spacial score (nSPS) is 10.8. The maximum absolute atomic E-state index is 10.9. The molecule has 0 aliphatic heterocycles. The summed E-state index contributed by atoms with van der Waals surface area (Å²) in [7, 11) is 0. The van der Waals surface area contributed by atoms with E-state index in [1.165, 1.54) is 0 Å². The molecule has 0 atom stereocenters. The minimum absolute atomic E-state index is 0.0685. The summed E-state index contributed by atoms with van der Waals surface area (Å²) in [6, 6.07) is 5.59. The number of aromatic nitrogens is 4. The first-order chi connectivity index (χ1) is 9.65. The molecule has 0 unspecified atom stereocenters. The Balaban J connectivity index is 2.12. The lowest BCUT2D eigenvalue weighted by atomic mass is 10.2. The van der Waals surface area contributed by atoms with Crippen molar-refractivity contribution in [1.82, 2.24) is 19.4 Å². The zero-order valence-electron chi connectivity index (χ0n) is 10.8. The van der Waals surface area contributed by atoms with E-state index in [0.717, 1.165) is 11.3 Å². The number of pyridine rings is 1. The summed E-state index contributed by atoms with van der Waals surface area (Å²) in [5.41, 5.74) is 3.70. The van der Waals surface area contributed by atoms with E-state index in [2.05, 4.69) is 15.0 Å². The van der Waals surface area contributed by atoms with Gasteiger partial charge in [-0.05, 0) is 19.1 Å². The summed E-state index contributed by atoms with van der Waals surface area (Å²) in [5.74, 6) is -0.883. The summed E-state index contributed by atoms with van der Waals surface area (Å²) in [5, 5.41) is 8.93. The van der Waals surface area contributed by atoms with Gasteiger partial charge >= 0.3 is 5.97 Å². The molecule has 0 aromatic carbocycles. The molecule has 0 aliphatic carbocycles. The summed E-state index contributed by atoms with van der Waals surface area (Å²) < 4.78 is 1.71. The molecule has 20 heavy (non-hydrogen) atoms. The Labute approximate surface area is 114 Å². The van der Waals surface area contributed by atoms with Crippen molar-refractivity contribution in [2.24, 2.45) is 0 Å². The van der Waals surface area contributed by atoms with E-state index in [9.17, 15) is 4.79 Å². The Hall–Kier alpha value is -2.76. The quantitative estimate of drug-likeness (QED) is 0.782. The van der Waals surface area contributed by atoms with Crippen LogP contribution < -0.4 is 0 Å². The Bertz CT molecular complexity index is 780. The number of hydrogen-bond donors (Lipinski definition) is 1. The van der Waals surface area contributed by atoms with E-state index in [0.29, 0.717) is 17.0 Å². The van der Waals surface area contributed by atoms with Crippen LogP contribution >= 0.6 is 0 Å². The second-order valence-electron chi connectivity index (χ2n) is 4.46. The molecular weight excluding hydrogens is 256 g/mol. The van der Waals surface area contributed by atoms with Gasteiger partial charge in [0.25, 0.3) is 0 Å². The van der Waals surface area contributed by atoms with Gasteiger partial charge in [-0.3, -0.25) is 14.2 Å². The van der Waals surface area contributed by atoms with Gasteiger partial charge in [0, 0.05) is 24.0 Å². The smallest absolute Gasteiger partial charge is 0.309 e. The average molecular weight is 268 g/mol. The molecule has 0 amide bonds. The minimum Gasteiger partial charge on any atom is -0.481 e. The van der Waals surface area contributed by atoms with E-state index < -0.39 is 5.97 Å². The molecule has 3 heterocycles. The van der Waals surface area contributed by atoms with Crippen molar-refractivity contribution in [1.29, 1.82) is 0 Å². The highest BCUT2D eigenvalue weighted by atomic mass is 16.4.